The molecule has 2 aromatic heterocycles. The average Bonchev–Trinajstić information content (AvgIpc) is 3.22. The maximum Gasteiger partial charge on any atom is 0.407 e. The molecule has 2 heterocycles. The fourth-order valence-electron chi connectivity index (χ4n) is 2.74. The molecule has 0 saturated carbocycles. The molecule has 7 heteroatoms. The van der Waals surface area contributed by atoms with Crippen LogP contribution in [0.1, 0.15) is 54.0 Å². The van der Waals surface area contributed by atoms with Crippen LogP contribution in [-0.4, -0.2) is 23.7 Å². The first-order valence-electron chi connectivity index (χ1n) is 8.43. The molecule has 3 rings (SSSR count). The van der Waals surface area contributed by atoms with Crippen molar-refractivity contribution in [2.75, 3.05) is 6.54 Å². The Morgan fingerprint density at radius 2 is 1.88 bits per heavy atom. The van der Waals surface area contributed by atoms with Crippen LogP contribution in [0.15, 0.2) is 21.5 Å². The Kier molecular flexibility index (Phi) is 6.31. The summed E-state index contributed by atoms with van der Waals surface area (Å²) in [6, 6.07) is 0. The number of nitrogens with one attached hydrogen (secondary N) is 1. The molecule has 1 atom stereocenters. The minimum atomic E-state index is -0.788. The highest BCUT2D eigenvalue weighted by molar-refractivity contribution is 7.08. The number of carbonyl (C=O) groups is 2. The number of unbranched alkanes of at least 4 members (excludes halogenated alkanes) is 2. The first-order chi connectivity index (χ1) is 12.6. The Balaban J connectivity index is 1.55. The normalized spacial score (nSPS) is 14.8. The minimum absolute atomic E-state index is 0.164. The maximum absolute atomic E-state index is 12.2. The Bertz CT molecular complexity index is 843. The molecular formula is C19H19NO4S2. The fourth-order valence-corrected chi connectivity index (χ4v) is 4.36. The second kappa shape index (κ2) is 8.88. The number of hydrogen-bond donors (Lipinski definition) is 2. The van der Waals surface area contributed by atoms with Gasteiger partial charge in [0.1, 0.15) is 6.10 Å². The van der Waals surface area contributed by atoms with Crippen LogP contribution in [0, 0.1) is 11.8 Å². The van der Waals surface area contributed by atoms with E-state index < -0.39 is 12.1 Å². The van der Waals surface area contributed by atoms with E-state index >= 15 is 0 Å². The van der Waals surface area contributed by atoms with E-state index in [0.717, 1.165) is 35.1 Å². The number of aliphatic carboxylic acids is 1. The number of hydrogen-bond acceptors (Lipinski definition) is 5. The van der Waals surface area contributed by atoms with Gasteiger partial charge in [-0.15, -0.1) is 0 Å². The first kappa shape index (κ1) is 18.5. The van der Waals surface area contributed by atoms with E-state index in [1.165, 1.54) is 0 Å². The maximum atomic E-state index is 12.2. The van der Waals surface area contributed by atoms with E-state index in [-0.39, 0.29) is 12.5 Å². The van der Waals surface area contributed by atoms with Crippen LogP contribution in [0.5, 0.6) is 0 Å². The smallest absolute Gasteiger partial charge is 0.407 e. The van der Waals surface area contributed by atoms with E-state index in [1.54, 1.807) is 22.7 Å². The third-order valence-electron chi connectivity index (χ3n) is 4.10. The summed E-state index contributed by atoms with van der Waals surface area (Å²) in [7, 11) is 0. The summed E-state index contributed by atoms with van der Waals surface area (Å²) >= 11 is 3.16. The molecule has 2 N–H and O–H groups in total. The summed E-state index contributed by atoms with van der Waals surface area (Å²) in [5, 5.41) is 19.4. The highest BCUT2D eigenvalue weighted by Crippen LogP contribution is 2.31. The van der Waals surface area contributed by atoms with Crippen LogP contribution in [0.4, 0.5) is 4.79 Å². The van der Waals surface area contributed by atoms with Crippen molar-refractivity contribution in [2.24, 2.45) is 0 Å². The number of carboxylic acids is 1. The van der Waals surface area contributed by atoms with Gasteiger partial charge in [0, 0.05) is 46.8 Å². The van der Waals surface area contributed by atoms with Crippen LogP contribution in [0.3, 0.4) is 0 Å². The van der Waals surface area contributed by atoms with Crippen molar-refractivity contribution < 1.29 is 19.4 Å². The predicted molar refractivity (Wildman–Crippen MR) is 102 cm³/mol. The van der Waals surface area contributed by atoms with Gasteiger partial charge in [-0.1, -0.05) is 18.3 Å². The molecule has 0 fully saturated rings. The molecule has 1 unspecified atom stereocenters. The second-order valence-electron chi connectivity index (χ2n) is 6.03. The van der Waals surface area contributed by atoms with E-state index in [0.29, 0.717) is 19.4 Å². The summed E-state index contributed by atoms with van der Waals surface area (Å²) in [4.78, 5) is 22.6. The lowest BCUT2D eigenvalue weighted by Crippen LogP contribution is -2.28. The van der Waals surface area contributed by atoms with Crippen LogP contribution in [0.2, 0.25) is 0 Å². The molecule has 1 amide bonds. The van der Waals surface area contributed by atoms with E-state index in [1.807, 2.05) is 16.1 Å². The lowest BCUT2D eigenvalue weighted by molar-refractivity contribution is -0.137. The molecule has 136 valence electrons. The standard InChI is InChI=1S/C19H19NO4S2/c21-18(22)4-2-1-3-7-20-19(23)24-17-8-15-11-25-9-13(15)5-6-14-10-26-12-16(14)17/h9-12,17H,1-4,7-8H2,(H,20,23)(H,21,22). The average molecular weight is 389 g/mol. The summed E-state index contributed by atoms with van der Waals surface area (Å²) in [6.45, 7) is 0.477. The van der Waals surface area contributed by atoms with Crippen LogP contribution in [0.25, 0.3) is 0 Å². The van der Waals surface area contributed by atoms with Gasteiger partial charge in [0.15, 0.2) is 0 Å². The van der Waals surface area contributed by atoms with Gasteiger partial charge >= 0.3 is 12.1 Å². The molecule has 0 aliphatic heterocycles. The van der Waals surface area contributed by atoms with Gasteiger partial charge < -0.3 is 15.2 Å². The Morgan fingerprint density at radius 3 is 2.73 bits per heavy atom. The highest BCUT2D eigenvalue weighted by atomic mass is 32.1. The molecule has 0 radical (unpaired) electrons. The van der Waals surface area contributed by atoms with Crippen molar-refractivity contribution in [2.45, 2.75) is 38.2 Å². The molecule has 0 spiro atoms. The van der Waals surface area contributed by atoms with Gasteiger partial charge in [0.2, 0.25) is 0 Å². The van der Waals surface area contributed by atoms with Crippen molar-refractivity contribution >= 4 is 34.7 Å². The van der Waals surface area contributed by atoms with E-state index in [4.69, 9.17) is 9.84 Å². The van der Waals surface area contributed by atoms with Crippen LogP contribution < -0.4 is 5.32 Å². The highest BCUT2D eigenvalue weighted by Gasteiger charge is 2.23. The Hall–Kier alpha value is -2.30. The number of carboxylic acid groups (broad SMARTS) is 1. The number of rotatable bonds is 7. The number of fused-ring (bicyclic) bond motifs is 2. The summed E-state index contributed by atoms with van der Waals surface area (Å²) in [5.74, 6) is 5.58. The molecule has 0 saturated heterocycles. The fraction of sp³-hybridized carbons (Fsp3) is 0.368. The largest absolute Gasteiger partial charge is 0.481 e. The third-order valence-corrected chi connectivity index (χ3v) is 5.66. The molecule has 1 aliphatic rings. The van der Waals surface area contributed by atoms with Gasteiger partial charge in [-0.3, -0.25) is 4.79 Å². The van der Waals surface area contributed by atoms with Gasteiger partial charge in [-0.05, 0) is 29.2 Å². The third kappa shape index (κ3) is 4.87. The van der Waals surface area contributed by atoms with Gasteiger partial charge in [0.25, 0.3) is 0 Å². The SMILES string of the molecule is O=C(O)CCCCCNC(=O)OC1Cc2cscc2C#Cc2cscc21. The minimum Gasteiger partial charge on any atom is -0.481 e. The zero-order valence-electron chi connectivity index (χ0n) is 14.1. The molecule has 5 nitrogen and oxygen atoms in total. The summed E-state index contributed by atoms with van der Waals surface area (Å²) in [5.41, 5.74) is 3.97. The predicted octanol–water partition coefficient (Wildman–Crippen LogP) is 4.18. The monoisotopic (exact) mass is 389 g/mol. The number of ether oxygens (including phenoxy) is 1. The number of thiophene rings is 2. The van der Waals surface area contributed by atoms with Gasteiger partial charge in [-0.2, -0.15) is 22.7 Å². The van der Waals surface area contributed by atoms with Crippen LogP contribution >= 0.6 is 22.7 Å². The van der Waals surface area contributed by atoms with Gasteiger partial charge in [-0.25, -0.2) is 4.79 Å². The number of carbonyl (C=O) groups excluding carboxylic acids is 1. The zero-order valence-corrected chi connectivity index (χ0v) is 15.8. The molecular weight excluding hydrogens is 370 g/mol. The quantitative estimate of drug-likeness (QED) is 0.550. The van der Waals surface area contributed by atoms with Crippen molar-refractivity contribution in [3.8, 4) is 11.8 Å². The first-order valence-corrected chi connectivity index (χ1v) is 10.3. The summed E-state index contributed by atoms with van der Waals surface area (Å²) in [6.07, 6.45) is 2.09. The second-order valence-corrected chi connectivity index (χ2v) is 7.52. The topological polar surface area (TPSA) is 75.6 Å². The number of amides is 1. The van der Waals surface area contributed by atoms with E-state index in [9.17, 15) is 9.59 Å². The Labute approximate surface area is 160 Å². The summed E-state index contributed by atoms with van der Waals surface area (Å²) < 4.78 is 5.68. The van der Waals surface area contributed by atoms with Crippen molar-refractivity contribution in [3.63, 3.8) is 0 Å². The lowest BCUT2D eigenvalue weighted by Gasteiger charge is -2.19. The molecule has 0 aromatic carbocycles. The van der Waals surface area contributed by atoms with E-state index in [2.05, 4.69) is 22.5 Å². The molecule has 26 heavy (non-hydrogen) atoms. The van der Waals surface area contributed by atoms with Crippen molar-refractivity contribution in [3.05, 3.63) is 43.8 Å². The Morgan fingerprint density at radius 1 is 1.12 bits per heavy atom. The molecule has 1 aliphatic carbocycles. The lowest BCUT2D eigenvalue weighted by atomic mass is 9.97. The molecule has 0 bridgehead atoms. The van der Waals surface area contributed by atoms with Gasteiger partial charge in [0.05, 0.1) is 0 Å². The van der Waals surface area contributed by atoms with Crippen LogP contribution in [-0.2, 0) is 16.0 Å². The number of alkyl carbamates (subject to hydrolysis) is 1. The van der Waals surface area contributed by atoms with Crippen molar-refractivity contribution in [1.29, 1.82) is 0 Å². The zero-order chi connectivity index (χ0) is 18.4. The molecule has 2 aromatic rings. The van der Waals surface area contributed by atoms with Crippen molar-refractivity contribution in [1.82, 2.24) is 5.32 Å².